The molecule has 4 nitrogen and oxygen atoms in total. The van der Waals surface area contributed by atoms with E-state index in [9.17, 15) is 8.42 Å². The zero-order valence-electron chi connectivity index (χ0n) is 13.3. The molecular weight excluding hydrogens is 284 g/mol. The third-order valence-electron chi connectivity index (χ3n) is 4.28. The molecule has 0 spiro atoms. The minimum atomic E-state index is -3.34. The van der Waals surface area contributed by atoms with Gasteiger partial charge in [-0.3, -0.25) is 0 Å². The Morgan fingerprint density at radius 1 is 1.05 bits per heavy atom. The highest BCUT2D eigenvalue weighted by molar-refractivity contribution is 7.89. The Morgan fingerprint density at radius 2 is 1.71 bits per heavy atom. The van der Waals surface area contributed by atoms with Crippen molar-refractivity contribution in [2.75, 3.05) is 32.7 Å². The van der Waals surface area contributed by atoms with Gasteiger partial charge in [0.05, 0.1) is 4.90 Å². The van der Waals surface area contributed by atoms with Gasteiger partial charge in [0.15, 0.2) is 0 Å². The topological polar surface area (TPSA) is 40.6 Å². The molecule has 0 atom stereocenters. The first kappa shape index (κ1) is 16.5. The van der Waals surface area contributed by atoms with Crippen LogP contribution in [0.1, 0.15) is 30.9 Å². The first-order valence-corrected chi connectivity index (χ1v) is 9.19. The molecule has 118 valence electrons. The van der Waals surface area contributed by atoms with Crippen LogP contribution in [0.5, 0.6) is 0 Å². The second-order valence-electron chi connectivity index (χ2n) is 5.85. The lowest BCUT2D eigenvalue weighted by Gasteiger charge is -2.34. The molecule has 5 heteroatoms. The maximum absolute atomic E-state index is 12.7. The molecule has 0 aromatic heterocycles. The van der Waals surface area contributed by atoms with Crippen LogP contribution in [-0.2, 0) is 10.0 Å². The molecule has 0 aliphatic carbocycles. The smallest absolute Gasteiger partial charge is 0.243 e. The quantitative estimate of drug-likeness (QED) is 0.838. The lowest BCUT2D eigenvalue weighted by atomic mass is 10.1. The maximum atomic E-state index is 12.7. The molecule has 1 aliphatic rings. The molecule has 1 aromatic rings. The fraction of sp³-hybridized carbons (Fsp3) is 0.625. The molecule has 0 saturated carbocycles. The predicted molar refractivity (Wildman–Crippen MR) is 86.0 cm³/mol. The predicted octanol–water partition coefficient (Wildman–Crippen LogP) is 2.41. The van der Waals surface area contributed by atoms with E-state index in [1.807, 2.05) is 19.9 Å². The first-order chi connectivity index (χ1) is 9.95. The van der Waals surface area contributed by atoms with E-state index in [0.717, 1.165) is 30.8 Å². The molecule has 0 bridgehead atoms. The van der Waals surface area contributed by atoms with Gasteiger partial charge in [0, 0.05) is 26.2 Å². The Bertz CT molecular complexity index is 576. The van der Waals surface area contributed by atoms with Crippen molar-refractivity contribution in [3.05, 3.63) is 29.3 Å². The van der Waals surface area contributed by atoms with Crippen LogP contribution in [0.3, 0.4) is 0 Å². The monoisotopic (exact) mass is 310 g/mol. The van der Waals surface area contributed by atoms with Crippen LogP contribution >= 0.6 is 0 Å². The van der Waals surface area contributed by atoms with E-state index in [4.69, 9.17) is 0 Å². The summed E-state index contributed by atoms with van der Waals surface area (Å²) in [7, 11) is -3.34. The Balaban J connectivity index is 2.06. The van der Waals surface area contributed by atoms with Gasteiger partial charge in [-0.2, -0.15) is 4.31 Å². The van der Waals surface area contributed by atoms with E-state index in [1.165, 1.54) is 12.8 Å². The van der Waals surface area contributed by atoms with Crippen LogP contribution in [0.2, 0.25) is 0 Å². The van der Waals surface area contributed by atoms with Crippen molar-refractivity contribution in [1.29, 1.82) is 0 Å². The van der Waals surface area contributed by atoms with E-state index < -0.39 is 10.0 Å². The van der Waals surface area contributed by atoms with Gasteiger partial charge < -0.3 is 4.90 Å². The molecule has 21 heavy (non-hydrogen) atoms. The lowest BCUT2D eigenvalue weighted by molar-refractivity contribution is 0.186. The second-order valence-corrected chi connectivity index (χ2v) is 7.78. The van der Waals surface area contributed by atoms with Crippen LogP contribution in [0, 0.1) is 13.8 Å². The summed E-state index contributed by atoms with van der Waals surface area (Å²) in [5.74, 6) is 0. The van der Waals surface area contributed by atoms with Crippen molar-refractivity contribution in [3.8, 4) is 0 Å². The Kier molecular flexibility index (Phi) is 5.41. The summed E-state index contributed by atoms with van der Waals surface area (Å²) in [6, 6.07) is 5.40. The second kappa shape index (κ2) is 6.90. The Hall–Kier alpha value is -0.910. The van der Waals surface area contributed by atoms with Gasteiger partial charge in [-0.25, -0.2) is 8.42 Å². The summed E-state index contributed by atoms with van der Waals surface area (Å²) in [6.07, 6.45) is 2.37. The fourth-order valence-electron chi connectivity index (χ4n) is 2.60. The number of hydrogen-bond acceptors (Lipinski definition) is 3. The molecule has 0 amide bonds. The summed E-state index contributed by atoms with van der Waals surface area (Å²) in [6.45, 7) is 10.1. The molecule has 1 fully saturated rings. The van der Waals surface area contributed by atoms with Gasteiger partial charge >= 0.3 is 0 Å². The van der Waals surface area contributed by atoms with E-state index in [-0.39, 0.29) is 0 Å². The molecule has 0 radical (unpaired) electrons. The van der Waals surface area contributed by atoms with Gasteiger partial charge in [0.2, 0.25) is 10.0 Å². The normalized spacial score (nSPS) is 18.0. The number of benzene rings is 1. The van der Waals surface area contributed by atoms with E-state index in [2.05, 4.69) is 11.8 Å². The third kappa shape index (κ3) is 3.84. The molecule has 0 unspecified atom stereocenters. The zero-order valence-corrected chi connectivity index (χ0v) is 14.1. The van der Waals surface area contributed by atoms with Crippen LogP contribution in [0.4, 0.5) is 0 Å². The molecule has 1 saturated heterocycles. The van der Waals surface area contributed by atoms with Gasteiger partial charge in [0.25, 0.3) is 0 Å². The van der Waals surface area contributed by atoms with Crippen molar-refractivity contribution in [2.45, 2.75) is 38.5 Å². The minimum Gasteiger partial charge on any atom is -0.301 e. The lowest BCUT2D eigenvalue weighted by Crippen LogP contribution is -2.48. The fourth-order valence-corrected chi connectivity index (χ4v) is 4.11. The number of nitrogens with zero attached hydrogens (tertiary/aromatic N) is 2. The summed E-state index contributed by atoms with van der Waals surface area (Å²) in [5.41, 5.74) is 2.15. The van der Waals surface area contributed by atoms with E-state index in [0.29, 0.717) is 18.0 Å². The first-order valence-electron chi connectivity index (χ1n) is 7.75. The Labute approximate surface area is 128 Å². The highest BCUT2D eigenvalue weighted by atomic mass is 32.2. The van der Waals surface area contributed by atoms with Crippen molar-refractivity contribution in [2.24, 2.45) is 0 Å². The maximum Gasteiger partial charge on any atom is 0.243 e. The van der Waals surface area contributed by atoms with E-state index >= 15 is 0 Å². The number of aryl methyl sites for hydroxylation is 2. The number of hydrogen-bond donors (Lipinski definition) is 0. The van der Waals surface area contributed by atoms with E-state index in [1.54, 1.807) is 16.4 Å². The number of rotatable bonds is 5. The number of piperazine rings is 1. The number of sulfonamides is 1. The zero-order chi connectivity index (χ0) is 15.5. The van der Waals surface area contributed by atoms with Crippen molar-refractivity contribution in [1.82, 2.24) is 9.21 Å². The molecule has 2 rings (SSSR count). The summed E-state index contributed by atoms with van der Waals surface area (Å²) in [5, 5.41) is 0. The van der Waals surface area contributed by atoms with Crippen molar-refractivity contribution < 1.29 is 8.42 Å². The summed E-state index contributed by atoms with van der Waals surface area (Å²) in [4.78, 5) is 2.78. The Morgan fingerprint density at radius 3 is 2.29 bits per heavy atom. The standard InChI is InChI=1S/C16H26N2O2S/c1-4-5-8-17-9-11-18(12-10-17)21(19,20)16-7-6-14(2)15(3)13-16/h6-7,13H,4-5,8-12H2,1-3H3. The van der Waals surface area contributed by atoms with Crippen molar-refractivity contribution >= 4 is 10.0 Å². The van der Waals surface area contributed by atoms with Gasteiger partial charge in [-0.05, 0) is 50.1 Å². The average molecular weight is 310 g/mol. The van der Waals surface area contributed by atoms with Crippen LogP contribution in [0.25, 0.3) is 0 Å². The van der Waals surface area contributed by atoms with Gasteiger partial charge in [0.1, 0.15) is 0 Å². The van der Waals surface area contributed by atoms with Gasteiger partial charge in [-0.15, -0.1) is 0 Å². The molecule has 1 aromatic carbocycles. The van der Waals surface area contributed by atoms with Gasteiger partial charge in [-0.1, -0.05) is 19.4 Å². The van der Waals surface area contributed by atoms with Crippen molar-refractivity contribution in [3.63, 3.8) is 0 Å². The van der Waals surface area contributed by atoms with Crippen LogP contribution in [-0.4, -0.2) is 50.3 Å². The summed E-state index contributed by atoms with van der Waals surface area (Å²) < 4.78 is 27.0. The van der Waals surface area contributed by atoms with Crippen LogP contribution < -0.4 is 0 Å². The minimum absolute atomic E-state index is 0.424. The molecule has 1 aliphatic heterocycles. The number of unbranched alkanes of at least 4 members (excludes halogenated alkanes) is 1. The molecular formula is C16H26N2O2S. The SMILES string of the molecule is CCCCN1CCN(S(=O)(=O)c2ccc(C)c(C)c2)CC1. The highest BCUT2D eigenvalue weighted by Crippen LogP contribution is 2.20. The highest BCUT2D eigenvalue weighted by Gasteiger charge is 2.28. The summed E-state index contributed by atoms with van der Waals surface area (Å²) >= 11 is 0. The molecule has 1 heterocycles. The largest absolute Gasteiger partial charge is 0.301 e. The third-order valence-corrected chi connectivity index (χ3v) is 6.17. The molecule has 0 N–H and O–H groups in total. The average Bonchev–Trinajstić information content (AvgIpc) is 2.48. The van der Waals surface area contributed by atoms with Crippen LogP contribution in [0.15, 0.2) is 23.1 Å².